The summed E-state index contributed by atoms with van der Waals surface area (Å²) in [6.45, 7) is 0.436. The highest BCUT2D eigenvalue weighted by Crippen LogP contribution is 2.35. The fraction of sp³-hybridized carbons (Fsp3) is 0.250. The molecule has 0 bridgehead atoms. The summed E-state index contributed by atoms with van der Waals surface area (Å²) in [5.41, 5.74) is 1.15. The molecule has 7 heteroatoms. The predicted molar refractivity (Wildman–Crippen MR) is 90.3 cm³/mol. The number of ether oxygens (including phenoxy) is 1. The largest absolute Gasteiger partial charge is 0.467 e. The van der Waals surface area contributed by atoms with Crippen LogP contribution in [0.3, 0.4) is 0 Å². The molecule has 1 aromatic heterocycles. The van der Waals surface area contributed by atoms with E-state index < -0.39 is 12.0 Å². The van der Waals surface area contributed by atoms with Crippen molar-refractivity contribution in [2.45, 2.75) is 12.5 Å². The standard InChI is InChI=1S/C16H13Cl2NO3S/c1-22-16(21)14-11-5-7-23-13(11)4-6-19(14)15(20)10-3-2-9(17)8-12(10)18/h2-3,5,7-8,14H,4,6H2,1H3. The van der Waals surface area contributed by atoms with E-state index in [0.717, 1.165) is 10.4 Å². The van der Waals surface area contributed by atoms with Gasteiger partial charge in [0.05, 0.1) is 17.7 Å². The lowest BCUT2D eigenvalue weighted by molar-refractivity contribution is -0.146. The molecule has 4 nitrogen and oxygen atoms in total. The first-order chi connectivity index (χ1) is 11.0. The minimum atomic E-state index is -0.741. The van der Waals surface area contributed by atoms with Gasteiger partial charge in [-0.25, -0.2) is 4.79 Å². The number of carbonyl (C=O) groups excluding carboxylic acids is 2. The van der Waals surface area contributed by atoms with Crippen molar-refractivity contribution >= 4 is 46.4 Å². The van der Waals surface area contributed by atoms with E-state index in [9.17, 15) is 9.59 Å². The number of methoxy groups -OCH3 is 1. The van der Waals surface area contributed by atoms with Crippen LogP contribution in [0.25, 0.3) is 0 Å². The maximum Gasteiger partial charge on any atom is 0.333 e. The Balaban J connectivity index is 2.00. The molecule has 1 aromatic carbocycles. The van der Waals surface area contributed by atoms with Crippen LogP contribution in [0, 0.1) is 0 Å². The summed E-state index contributed by atoms with van der Waals surface area (Å²) in [6, 6.07) is 5.82. The molecule has 0 N–H and O–H groups in total. The van der Waals surface area contributed by atoms with Crippen LogP contribution in [-0.4, -0.2) is 30.4 Å². The number of amides is 1. The van der Waals surface area contributed by atoms with Crippen molar-refractivity contribution in [1.29, 1.82) is 0 Å². The Morgan fingerprint density at radius 3 is 2.78 bits per heavy atom. The molecule has 3 rings (SSSR count). The molecule has 1 amide bonds. The number of nitrogens with zero attached hydrogens (tertiary/aromatic N) is 1. The number of esters is 1. The zero-order chi connectivity index (χ0) is 16.6. The van der Waals surface area contributed by atoms with E-state index >= 15 is 0 Å². The number of hydrogen-bond donors (Lipinski definition) is 0. The lowest BCUT2D eigenvalue weighted by Gasteiger charge is -2.34. The van der Waals surface area contributed by atoms with Crippen LogP contribution in [0.5, 0.6) is 0 Å². The Hall–Kier alpha value is -1.56. The number of rotatable bonds is 2. The van der Waals surface area contributed by atoms with Gasteiger partial charge in [-0.05, 0) is 41.6 Å². The number of benzene rings is 1. The molecular weight excluding hydrogens is 357 g/mol. The highest BCUT2D eigenvalue weighted by molar-refractivity contribution is 7.10. The normalized spacial score (nSPS) is 16.8. The average molecular weight is 370 g/mol. The summed E-state index contributed by atoms with van der Waals surface area (Å²) >= 11 is 13.6. The summed E-state index contributed by atoms with van der Waals surface area (Å²) in [6.07, 6.45) is 0.706. The zero-order valence-corrected chi connectivity index (χ0v) is 14.5. The summed E-state index contributed by atoms with van der Waals surface area (Å²) in [7, 11) is 1.32. The van der Waals surface area contributed by atoms with Gasteiger partial charge in [-0.3, -0.25) is 4.79 Å². The van der Waals surface area contributed by atoms with Crippen LogP contribution >= 0.6 is 34.5 Å². The maximum atomic E-state index is 12.9. The smallest absolute Gasteiger partial charge is 0.333 e. The van der Waals surface area contributed by atoms with Crippen molar-refractivity contribution < 1.29 is 14.3 Å². The molecule has 0 radical (unpaired) electrons. The first-order valence-electron chi connectivity index (χ1n) is 6.93. The Morgan fingerprint density at radius 2 is 2.09 bits per heavy atom. The van der Waals surface area contributed by atoms with Crippen LogP contribution in [0.1, 0.15) is 26.8 Å². The van der Waals surface area contributed by atoms with Gasteiger partial charge in [0.25, 0.3) is 5.91 Å². The van der Waals surface area contributed by atoms with E-state index in [0.29, 0.717) is 23.6 Å². The van der Waals surface area contributed by atoms with Gasteiger partial charge in [0.1, 0.15) is 0 Å². The monoisotopic (exact) mass is 369 g/mol. The Morgan fingerprint density at radius 1 is 1.30 bits per heavy atom. The molecule has 1 unspecified atom stereocenters. The SMILES string of the molecule is COC(=O)C1c2ccsc2CCN1C(=O)c1ccc(Cl)cc1Cl. The van der Waals surface area contributed by atoms with E-state index in [1.165, 1.54) is 18.1 Å². The van der Waals surface area contributed by atoms with Crippen molar-refractivity contribution in [1.82, 2.24) is 4.90 Å². The molecular formula is C16H13Cl2NO3S. The second-order valence-corrected chi connectivity index (χ2v) is 6.94. The van der Waals surface area contributed by atoms with Crippen molar-refractivity contribution in [3.05, 3.63) is 55.7 Å². The molecule has 120 valence electrons. The first-order valence-corrected chi connectivity index (χ1v) is 8.56. The molecule has 1 atom stereocenters. The third kappa shape index (κ3) is 2.96. The molecule has 2 heterocycles. The van der Waals surface area contributed by atoms with Crippen molar-refractivity contribution in [3.8, 4) is 0 Å². The molecule has 0 spiro atoms. The Bertz CT molecular complexity index is 774. The van der Waals surface area contributed by atoms with E-state index in [1.54, 1.807) is 23.5 Å². The minimum Gasteiger partial charge on any atom is -0.467 e. The van der Waals surface area contributed by atoms with Gasteiger partial charge in [-0.15, -0.1) is 11.3 Å². The van der Waals surface area contributed by atoms with E-state index in [4.69, 9.17) is 27.9 Å². The first kappa shape index (κ1) is 16.3. The number of thiophene rings is 1. The van der Waals surface area contributed by atoms with E-state index in [2.05, 4.69) is 0 Å². The Kier molecular flexibility index (Phi) is 4.62. The van der Waals surface area contributed by atoms with Gasteiger partial charge in [-0.1, -0.05) is 23.2 Å². The van der Waals surface area contributed by atoms with Gasteiger partial charge in [-0.2, -0.15) is 0 Å². The molecule has 2 aromatic rings. The molecule has 1 aliphatic rings. The molecule has 23 heavy (non-hydrogen) atoms. The maximum absolute atomic E-state index is 12.9. The molecule has 0 saturated heterocycles. The minimum absolute atomic E-state index is 0.266. The van der Waals surface area contributed by atoms with Crippen molar-refractivity contribution in [2.75, 3.05) is 13.7 Å². The number of carbonyl (C=O) groups is 2. The van der Waals surface area contributed by atoms with Crippen molar-refractivity contribution in [3.63, 3.8) is 0 Å². The summed E-state index contributed by atoms with van der Waals surface area (Å²) in [5, 5.41) is 2.64. The van der Waals surface area contributed by atoms with Crippen molar-refractivity contribution in [2.24, 2.45) is 0 Å². The van der Waals surface area contributed by atoms with Gasteiger partial charge < -0.3 is 9.64 Å². The fourth-order valence-corrected chi connectivity index (χ4v) is 4.11. The number of fused-ring (bicyclic) bond motifs is 1. The zero-order valence-electron chi connectivity index (χ0n) is 12.2. The van der Waals surface area contributed by atoms with Crippen LogP contribution in [-0.2, 0) is 16.0 Å². The van der Waals surface area contributed by atoms with Crippen LogP contribution in [0.4, 0.5) is 0 Å². The lowest BCUT2D eigenvalue weighted by atomic mass is 9.98. The molecule has 0 saturated carbocycles. The molecule has 1 aliphatic heterocycles. The topological polar surface area (TPSA) is 46.6 Å². The number of halogens is 2. The van der Waals surface area contributed by atoms with Crippen LogP contribution < -0.4 is 0 Å². The lowest BCUT2D eigenvalue weighted by Crippen LogP contribution is -2.43. The fourth-order valence-electron chi connectivity index (χ4n) is 2.72. The Labute approximate surface area is 147 Å². The van der Waals surface area contributed by atoms with E-state index in [1.807, 2.05) is 11.4 Å². The van der Waals surface area contributed by atoms with Crippen LogP contribution in [0.2, 0.25) is 10.0 Å². The summed E-state index contributed by atoms with van der Waals surface area (Å²) in [5.74, 6) is -0.762. The summed E-state index contributed by atoms with van der Waals surface area (Å²) in [4.78, 5) is 27.7. The molecule has 0 aliphatic carbocycles. The summed E-state index contributed by atoms with van der Waals surface area (Å²) < 4.78 is 4.90. The highest BCUT2D eigenvalue weighted by Gasteiger charge is 2.38. The third-order valence-electron chi connectivity index (χ3n) is 3.81. The molecule has 0 fully saturated rings. The number of hydrogen-bond acceptors (Lipinski definition) is 4. The average Bonchev–Trinajstić information content (AvgIpc) is 3.01. The quantitative estimate of drug-likeness (QED) is 0.752. The van der Waals surface area contributed by atoms with E-state index in [-0.39, 0.29) is 10.9 Å². The van der Waals surface area contributed by atoms with Gasteiger partial charge in [0.15, 0.2) is 6.04 Å². The highest BCUT2D eigenvalue weighted by atomic mass is 35.5. The second-order valence-electron chi connectivity index (χ2n) is 5.10. The second kappa shape index (κ2) is 6.51. The van der Waals surface area contributed by atoms with Gasteiger partial charge >= 0.3 is 5.97 Å². The van der Waals surface area contributed by atoms with Gasteiger partial charge in [0, 0.05) is 16.4 Å². The van der Waals surface area contributed by atoms with Crippen LogP contribution in [0.15, 0.2) is 29.6 Å². The third-order valence-corrected chi connectivity index (χ3v) is 5.36. The van der Waals surface area contributed by atoms with Gasteiger partial charge in [0.2, 0.25) is 0 Å². The predicted octanol–water partition coefficient (Wildman–Crippen LogP) is 3.97.